The van der Waals surface area contributed by atoms with Crippen LogP contribution in [0.4, 0.5) is 11.4 Å². The summed E-state index contributed by atoms with van der Waals surface area (Å²) >= 11 is 0. The molecule has 10 heteroatoms. The lowest BCUT2D eigenvalue weighted by Gasteiger charge is -2.10. The number of rotatable bonds is 4. The van der Waals surface area contributed by atoms with Crippen LogP contribution >= 0.6 is 0 Å². The normalized spacial score (nSPS) is 12.1. The van der Waals surface area contributed by atoms with Crippen molar-refractivity contribution in [2.45, 2.75) is 23.6 Å². The number of aromatic hydroxyl groups is 1. The summed E-state index contributed by atoms with van der Waals surface area (Å²) in [7, 11) is -8.39. The van der Waals surface area contributed by atoms with Crippen molar-refractivity contribution < 1.29 is 26.5 Å². The fraction of sp³-hybridized carbons (Fsp3) is 0.130. The first-order chi connectivity index (χ1) is 15.6. The lowest BCUT2D eigenvalue weighted by Crippen LogP contribution is -2.00. The highest BCUT2D eigenvalue weighted by molar-refractivity contribution is 7.90. The van der Waals surface area contributed by atoms with E-state index < -0.39 is 30.6 Å². The second-order valence-corrected chi connectivity index (χ2v) is 10.3. The van der Waals surface area contributed by atoms with Crippen LogP contribution in [0.2, 0.25) is 0 Å². The van der Waals surface area contributed by atoms with Crippen LogP contribution in [0, 0.1) is 0 Å². The lowest BCUT2D eigenvalue weighted by atomic mass is 10.1. The van der Waals surface area contributed by atoms with Gasteiger partial charge in [0.2, 0.25) is 0 Å². The number of hydrogen-bond acceptors (Lipinski definition) is 7. The van der Waals surface area contributed by atoms with E-state index in [0.717, 1.165) is 23.1 Å². The zero-order valence-electron chi connectivity index (χ0n) is 18.1. The van der Waals surface area contributed by atoms with Crippen LogP contribution in [-0.4, -0.2) is 32.8 Å². The first-order valence-corrected chi connectivity index (χ1v) is 13.3. The van der Waals surface area contributed by atoms with Crippen LogP contribution in [0.15, 0.2) is 86.7 Å². The Morgan fingerprint density at radius 2 is 1.42 bits per heavy atom. The van der Waals surface area contributed by atoms with Crippen molar-refractivity contribution in [1.82, 2.24) is 0 Å². The molecule has 4 aromatic rings. The summed E-state index contributed by atoms with van der Waals surface area (Å²) in [6, 6.07) is 17.8. The van der Waals surface area contributed by atoms with E-state index in [4.69, 9.17) is 0 Å². The van der Waals surface area contributed by atoms with Crippen molar-refractivity contribution >= 4 is 52.9 Å². The third-order valence-electron chi connectivity index (χ3n) is 4.75. The molecule has 0 unspecified atom stereocenters. The van der Waals surface area contributed by atoms with Gasteiger partial charge in [-0.2, -0.15) is 8.42 Å². The number of sulfone groups is 1. The Kier molecular flexibility index (Phi) is 6.82. The van der Waals surface area contributed by atoms with Crippen molar-refractivity contribution in [2.75, 3.05) is 6.26 Å². The molecular formula is C23H22N2O6S2. The summed E-state index contributed by atoms with van der Waals surface area (Å²) in [5.41, 5.74) is 0.272. The van der Waals surface area contributed by atoms with Gasteiger partial charge in [-0.05, 0) is 35.0 Å². The Balaban J connectivity index is 0.00000149. The highest BCUT2D eigenvalue weighted by atomic mass is 32.2. The highest BCUT2D eigenvalue weighted by Crippen LogP contribution is 2.42. The molecule has 0 aliphatic heterocycles. The van der Waals surface area contributed by atoms with Gasteiger partial charge in [0.1, 0.15) is 10.6 Å². The maximum absolute atomic E-state index is 11.9. The highest BCUT2D eigenvalue weighted by Gasteiger charge is 2.22. The van der Waals surface area contributed by atoms with Gasteiger partial charge in [0.25, 0.3) is 10.1 Å². The van der Waals surface area contributed by atoms with Crippen LogP contribution < -0.4 is 0 Å². The Morgan fingerprint density at radius 1 is 0.758 bits per heavy atom. The fourth-order valence-electron chi connectivity index (χ4n) is 3.26. The van der Waals surface area contributed by atoms with Crippen molar-refractivity contribution in [3.63, 3.8) is 0 Å². The van der Waals surface area contributed by atoms with Crippen molar-refractivity contribution in [1.29, 1.82) is 0 Å². The molecule has 2 N–H and O–H groups in total. The molecule has 0 spiro atoms. The Hall–Kier alpha value is -3.34. The molecule has 33 heavy (non-hydrogen) atoms. The van der Waals surface area contributed by atoms with E-state index in [1.54, 1.807) is 12.1 Å². The van der Waals surface area contributed by atoms with Crippen LogP contribution in [-0.2, 0) is 20.0 Å². The van der Waals surface area contributed by atoms with Gasteiger partial charge in [-0.15, -0.1) is 10.2 Å². The summed E-state index contributed by atoms with van der Waals surface area (Å²) in [5.74, 6) is -0.786. The zero-order valence-corrected chi connectivity index (χ0v) is 19.7. The molecule has 0 heterocycles. The summed E-state index contributed by atoms with van der Waals surface area (Å²) in [6.07, 6.45) is 1.01. The summed E-state index contributed by atoms with van der Waals surface area (Å²) < 4.78 is 56.9. The molecule has 0 amide bonds. The molecule has 0 saturated carbocycles. The Morgan fingerprint density at radius 3 is 2.09 bits per heavy atom. The predicted octanol–water partition coefficient (Wildman–Crippen LogP) is 5.79. The van der Waals surface area contributed by atoms with E-state index >= 15 is 0 Å². The van der Waals surface area contributed by atoms with Gasteiger partial charge >= 0.3 is 0 Å². The standard InChI is InChI=1S/C21H16N2O6S2.C2H6/c1-30(25,26)15-9-10-17-14(11-15)12-19(31(27,28)29)21(24)20(17)23-22-18-8-4-6-13-5-2-3-7-16(13)18;1-2/h2-12,24H,1H3,(H,27,28,29);1-2H3. The smallest absolute Gasteiger partial charge is 0.298 e. The predicted molar refractivity (Wildman–Crippen MR) is 128 cm³/mol. The second kappa shape index (κ2) is 9.26. The van der Waals surface area contributed by atoms with Gasteiger partial charge in [-0.1, -0.05) is 56.3 Å². The number of hydrogen-bond donors (Lipinski definition) is 2. The minimum atomic E-state index is -4.81. The summed E-state index contributed by atoms with van der Waals surface area (Å²) in [4.78, 5) is -0.846. The zero-order chi connectivity index (χ0) is 24.4. The number of fused-ring (bicyclic) bond motifs is 2. The topological polar surface area (TPSA) is 133 Å². The van der Waals surface area contributed by atoms with Crippen LogP contribution in [0.25, 0.3) is 21.5 Å². The molecule has 0 aromatic heterocycles. The molecule has 0 bridgehead atoms. The minimum Gasteiger partial charge on any atom is -0.504 e. The molecule has 0 fully saturated rings. The maximum atomic E-state index is 11.9. The molecule has 8 nitrogen and oxygen atoms in total. The molecule has 4 aromatic carbocycles. The van der Waals surface area contributed by atoms with Crippen molar-refractivity contribution in [3.05, 3.63) is 66.7 Å². The van der Waals surface area contributed by atoms with E-state index in [9.17, 15) is 26.5 Å². The van der Waals surface area contributed by atoms with Gasteiger partial charge in [0.05, 0.1) is 10.6 Å². The molecule has 172 valence electrons. The van der Waals surface area contributed by atoms with Crippen molar-refractivity contribution in [2.24, 2.45) is 10.2 Å². The summed E-state index contributed by atoms with van der Waals surface area (Å²) in [5, 5.41) is 20.9. The second-order valence-electron chi connectivity index (χ2n) is 6.90. The van der Waals surface area contributed by atoms with Crippen LogP contribution in [0.3, 0.4) is 0 Å². The quantitative estimate of drug-likeness (QED) is 0.277. The Labute approximate surface area is 191 Å². The molecule has 0 radical (unpaired) electrons. The molecule has 0 saturated heterocycles. The lowest BCUT2D eigenvalue weighted by molar-refractivity contribution is 0.445. The van der Waals surface area contributed by atoms with E-state index in [1.165, 1.54) is 18.2 Å². The molecule has 0 atom stereocenters. The van der Waals surface area contributed by atoms with Crippen LogP contribution in [0.5, 0.6) is 5.75 Å². The Bertz CT molecular complexity index is 1590. The van der Waals surface area contributed by atoms with Gasteiger partial charge in [-0.25, -0.2) is 8.42 Å². The fourth-order valence-corrected chi connectivity index (χ4v) is 4.53. The van der Waals surface area contributed by atoms with Crippen LogP contribution in [0.1, 0.15) is 13.8 Å². The number of phenols is 1. The first kappa shape index (κ1) is 24.3. The van der Waals surface area contributed by atoms with Gasteiger partial charge in [-0.3, -0.25) is 4.55 Å². The third-order valence-corrected chi connectivity index (χ3v) is 6.73. The molecular weight excluding hydrogens is 464 g/mol. The molecule has 4 rings (SSSR count). The van der Waals surface area contributed by atoms with E-state index in [1.807, 2.05) is 44.2 Å². The van der Waals surface area contributed by atoms with E-state index in [0.29, 0.717) is 5.69 Å². The number of phenolic OH excluding ortho intramolecular Hbond substituents is 1. The number of benzene rings is 4. The first-order valence-electron chi connectivity index (χ1n) is 9.92. The van der Waals surface area contributed by atoms with E-state index in [2.05, 4.69) is 10.2 Å². The number of nitrogens with zero attached hydrogens (tertiary/aromatic N) is 2. The van der Waals surface area contributed by atoms with E-state index in [-0.39, 0.29) is 21.4 Å². The van der Waals surface area contributed by atoms with Gasteiger partial charge in [0.15, 0.2) is 15.6 Å². The maximum Gasteiger partial charge on any atom is 0.298 e. The average Bonchev–Trinajstić information content (AvgIpc) is 2.78. The SMILES string of the molecule is CC.CS(=O)(=O)c1ccc2c(N=Nc3cccc4ccccc34)c(O)c(S(=O)(=O)O)cc2c1. The third kappa shape index (κ3) is 5.03. The molecule has 0 aliphatic carbocycles. The average molecular weight is 487 g/mol. The molecule has 0 aliphatic rings. The number of azo groups is 1. The van der Waals surface area contributed by atoms with Gasteiger partial charge in [0, 0.05) is 17.0 Å². The monoisotopic (exact) mass is 486 g/mol. The summed E-state index contributed by atoms with van der Waals surface area (Å²) in [6.45, 7) is 4.00. The van der Waals surface area contributed by atoms with Gasteiger partial charge < -0.3 is 5.11 Å². The largest absolute Gasteiger partial charge is 0.504 e. The minimum absolute atomic E-state index is 0.0519. The van der Waals surface area contributed by atoms with Crippen molar-refractivity contribution in [3.8, 4) is 5.75 Å².